The van der Waals surface area contributed by atoms with Crippen molar-refractivity contribution in [2.75, 3.05) is 0 Å². The molecule has 0 N–H and O–H groups in total. The topological polar surface area (TPSA) is 20.3 Å². The van der Waals surface area contributed by atoms with E-state index in [-0.39, 0.29) is 35.9 Å². The normalized spacial score (nSPS) is 21.8. The molecule has 0 heterocycles. The van der Waals surface area contributed by atoms with Gasteiger partial charge in [0.15, 0.2) is 0 Å². The van der Waals surface area contributed by atoms with Crippen molar-refractivity contribution in [3.63, 3.8) is 0 Å². The molecule has 0 bridgehead atoms. The number of halogens is 4. The molecule has 27 heavy (non-hydrogen) atoms. The first-order chi connectivity index (χ1) is 12.9. The third-order valence-electron chi connectivity index (χ3n) is 5.35. The van der Waals surface area contributed by atoms with Gasteiger partial charge in [-0.3, -0.25) is 4.79 Å². The van der Waals surface area contributed by atoms with Gasteiger partial charge >= 0.3 is 6.18 Å². The summed E-state index contributed by atoms with van der Waals surface area (Å²) in [5.41, 5.74) is 0.436. The third kappa shape index (κ3) is 3.84. The van der Waals surface area contributed by atoms with Crippen molar-refractivity contribution in [3.05, 3.63) is 70.2 Å². The summed E-state index contributed by atoms with van der Waals surface area (Å²) in [7, 11) is 0. The minimum atomic E-state index is -4.42. The lowest BCUT2D eigenvalue weighted by atomic mass is 10.1. The van der Waals surface area contributed by atoms with Gasteiger partial charge in [0.05, 0.1) is 5.56 Å². The fourth-order valence-corrected chi connectivity index (χ4v) is 3.97. The Morgan fingerprint density at radius 2 is 1.74 bits per heavy atom. The molecule has 2 aromatic rings. The molecule has 4 rings (SSSR count). The maximum absolute atomic E-state index is 13.3. The van der Waals surface area contributed by atoms with Gasteiger partial charge in [0.25, 0.3) is 0 Å². The highest BCUT2D eigenvalue weighted by Gasteiger charge is 2.49. The second-order valence-electron chi connectivity index (χ2n) is 7.32. The van der Waals surface area contributed by atoms with Crippen LogP contribution in [0.15, 0.2) is 48.5 Å². The Bertz CT molecular complexity index is 863. The van der Waals surface area contributed by atoms with Gasteiger partial charge in [-0.15, -0.1) is 0 Å². The van der Waals surface area contributed by atoms with E-state index in [1.165, 1.54) is 12.1 Å². The minimum absolute atomic E-state index is 0.00489. The molecule has 2 atom stereocenters. The minimum Gasteiger partial charge on any atom is -0.335 e. The molecule has 6 heteroatoms. The maximum atomic E-state index is 13.3. The van der Waals surface area contributed by atoms with Gasteiger partial charge in [-0.05, 0) is 48.4 Å². The van der Waals surface area contributed by atoms with Gasteiger partial charge in [0, 0.05) is 23.5 Å². The number of hydrogen-bond acceptors (Lipinski definition) is 1. The largest absolute Gasteiger partial charge is 0.416 e. The molecule has 2 aliphatic rings. The Morgan fingerprint density at radius 1 is 1.07 bits per heavy atom. The van der Waals surface area contributed by atoms with E-state index in [1.54, 1.807) is 17.0 Å². The summed E-state index contributed by atoms with van der Waals surface area (Å²) in [5.74, 6) is -0.187. The molecule has 2 aromatic carbocycles. The Morgan fingerprint density at radius 3 is 2.41 bits per heavy atom. The number of carbonyl (C=O) groups is 1. The first-order valence-corrected chi connectivity index (χ1v) is 9.44. The zero-order chi connectivity index (χ0) is 19.2. The van der Waals surface area contributed by atoms with Crippen LogP contribution in [-0.4, -0.2) is 16.8 Å². The van der Waals surface area contributed by atoms with Gasteiger partial charge in [-0.1, -0.05) is 48.0 Å². The molecular weight excluding hydrogens is 375 g/mol. The second-order valence-corrected chi connectivity index (χ2v) is 7.73. The van der Waals surface area contributed by atoms with Crippen molar-refractivity contribution < 1.29 is 18.0 Å². The summed E-state index contributed by atoms with van der Waals surface area (Å²) in [6.07, 6.45) is -2.02. The highest BCUT2D eigenvalue weighted by molar-refractivity contribution is 6.31. The van der Waals surface area contributed by atoms with E-state index in [4.69, 9.17) is 11.6 Å². The Hall–Kier alpha value is -2.01. The highest BCUT2D eigenvalue weighted by atomic mass is 35.5. The molecule has 142 valence electrons. The van der Waals surface area contributed by atoms with Gasteiger partial charge in [-0.25, -0.2) is 0 Å². The lowest BCUT2D eigenvalue weighted by molar-refractivity contribution is -0.140. The highest BCUT2D eigenvalue weighted by Crippen LogP contribution is 2.51. The predicted octanol–water partition coefficient (Wildman–Crippen LogP) is 5.65. The van der Waals surface area contributed by atoms with Crippen molar-refractivity contribution in [2.24, 2.45) is 5.92 Å². The lowest BCUT2D eigenvalue weighted by Gasteiger charge is -2.25. The zero-order valence-corrected chi connectivity index (χ0v) is 15.3. The number of alkyl halides is 3. The van der Waals surface area contributed by atoms with Crippen molar-refractivity contribution in [2.45, 2.75) is 43.9 Å². The average Bonchev–Trinajstić information content (AvgIpc) is 3.53. The molecule has 2 aliphatic carbocycles. The number of nitrogens with zero attached hydrogens (tertiary/aromatic N) is 1. The lowest BCUT2D eigenvalue weighted by Crippen LogP contribution is -2.34. The summed E-state index contributed by atoms with van der Waals surface area (Å²) >= 11 is 6.23. The van der Waals surface area contributed by atoms with Crippen LogP contribution in [-0.2, 0) is 17.5 Å². The predicted molar refractivity (Wildman–Crippen MR) is 97.3 cm³/mol. The SMILES string of the molecule is O=C(C1CC1c1ccccc1Cl)N(Cc1ccccc1C(F)(F)F)C1CC1. The molecule has 2 nitrogen and oxygen atoms in total. The Labute approximate surface area is 160 Å². The number of hydrogen-bond donors (Lipinski definition) is 0. The molecular formula is C21H19ClF3NO. The second kappa shape index (κ2) is 6.86. The van der Waals surface area contributed by atoms with Crippen molar-refractivity contribution in [1.29, 1.82) is 0 Å². The Kier molecular flexibility index (Phi) is 4.66. The van der Waals surface area contributed by atoms with Crippen LogP contribution in [0.2, 0.25) is 5.02 Å². The molecule has 0 aliphatic heterocycles. The summed E-state index contributed by atoms with van der Waals surface area (Å²) in [6.45, 7) is 0.00489. The molecule has 2 saturated carbocycles. The molecule has 2 fully saturated rings. The fourth-order valence-electron chi connectivity index (χ4n) is 3.69. The van der Waals surface area contributed by atoms with Crippen molar-refractivity contribution in [3.8, 4) is 0 Å². The monoisotopic (exact) mass is 393 g/mol. The van der Waals surface area contributed by atoms with Crippen LogP contribution < -0.4 is 0 Å². The van der Waals surface area contributed by atoms with Crippen molar-refractivity contribution in [1.82, 2.24) is 4.90 Å². The number of amides is 1. The molecule has 0 saturated heterocycles. The van der Waals surface area contributed by atoms with Crippen LogP contribution in [0, 0.1) is 5.92 Å². The van der Waals surface area contributed by atoms with Crippen molar-refractivity contribution >= 4 is 17.5 Å². The molecule has 1 amide bonds. The van der Waals surface area contributed by atoms with Gasteiger partial charge < -0.3 is 4.90 Å². The van der Waals surface area contributed by atoms with Crippen LogP contribution >= 0.6 is 11.6 Å². The Balaban J connectivity index is 1.54. The first kappa shape index (κ1) is 18.4. The number of rotatable bonds is 5. The quantitative estimate of drug-likeness (QED) is 0.642. The van der Waals surface area contributed by atoms with E-state index in [0.29, 0.717) is 11.4 Å². The van der Waals surface area contributed by atoms with Gasteiger partial charge in [0.2, 0.25) is 5.91 Å². The summed E-state index contributed by atoms with van der Waals surface area (Å²) in [6, 6.07) is 13.0. The summed E-state index contributed by atoms with van der Waals surface area (Å²) in [4.78, 5) is 14.7. The smallest absolute Gasteiger partial charge is 0.335 e. The van der Waals surface area contributed by atoms with Crippen LogP contribution in [0.4, 0.5) is 13.2 Å². The first-order valence-electron chi connectivity index (χ1n) is 9.06. The molecule has 0 radical (unpaired) electrons. The van der Waals surface area contributed by atoms with E-state index in [1.807, 2.05) is 18.2 Å². The van der Waals surface area contributed by atoms with Crippen LogP contribution in [0.25, 0.3) is 0 Å². The van der Waals surface area contributed by atoms with Gasteiger partial charge in [0.1, 0.15) is 0 Å². The van der Waals surface area contributed by atoms with E-state index in [0.717, 1.165) is 24.5 Å². The van der Waals surface area contributed by atoms with E-state index >= 15 is 0 Å². The zero-order valence-electron chi connectivity index (χ0n) is 14.5. The molecule has 2 unspecified atom stereocenters. The van der Waals surface area contributed by atoms with E-state index in [9.17, 15) is 18.0 Å². The molecule has 0 aromatic heterocycles. The average molecular weight is 394 g/mol. The van der Waals surface area contributed by atoms with Crippen LogP contribution in [0.5, 0.6) is 0 Å². The summed E-state index contributed by atoms with van der Waals surface area (Å²) in [5, 5.41) is 0.637. The summed E-state index contributed by atoms with van der Waals surface area (Å²) < 4.78 is 39.9. The number of carbonyl (C=O) groups excluding carboxylic acids is 1. The standard InChI is InChI=1S/C21H19ClF3NO/c22-19-8-4-2-6-15(19)16-11-17(16)20(27)26(14-9-10-14)12-13-5-1-3-7-18(13)21(23,24)25/h1-8,14,16-17H,9-12H2. The van der Waals surface area contributed by atoms with E-state index < -0.39 is 11.7 Å². The van der Waals surface area contributed by atoms with Gasteiger partial charge in [-0.2, -0.15) is 13.2 Å². The van der Waals surface area contributed by atoms with E-state index in [2.05, 4.69) is 0 Å². The molecule has 0 spiro atoms. The fraction of sp³-hybridized carbons (Fsp3) is 0.381. The maximum Gasteiger partial charge on any atom is 0.416 e. The third-order valence-corrected chi connectivity index (χ3v) is 5.69. The number of benzene rings is 2. The van der Waals surface area contributed by atoms with Crippen LogP contribution in [0.1, 0.15) is 41.9 Å². The van der Waals surface area contributed by atoms with Crippen LogP contribution in [0.3, 0.4) is 0 Å².